The number of rotatable bonds is 11. The van der Waals surface area contributed by atoms with Crippen LogP contribution in [0.2, 0.25) is 0 Å². The highest BCUT2D eigenvalue weighted by Gasteiger charge is 2.20. The summed E-state index contributed by atoms with van der Waals surface area (Å²) < 4.78 is 27.6. The number of carbonyl (C=O) groups is 1. The van der Waals surface area contributed by atoms with Crippen molar-refractivity contribution in [2.45, 2.75) is 46.0 Å². The number of nitrogens with zero attached hydrogens (tertiary/aromatic N) is 1. The highest BCUT2D eigenvalue weighted by atomic mass is 32.2. The summed E-state index contributed by atoms with van der Waals surface area (Å²) in [5.74, 6) is -1.01. The minimum absolute atomic E-state index is 0.0631. The molecule has 0 aliphatic rings. The minimum atomic E-state index is -3.54. The third-order valence-electron chi connectivity index (χ3n) is 2.49. The Hall–Kier alpha value is -0.660. The van der Waals surface area contributed by atoms with Gasteiger partial charge in [-0.1, -0.05) is 26.7 Å². The lowest BCUT2D eigenvalue weighted by Gasteiger charge is -2.21. The largest absolute Gasteiger partial charge is 0.481 e. The standard InChI is InChI=1S/C11H24N2O4S/c1-3-5-9-13(10-6-4-2)18(16,17)12-8-7-11(14)15/h12H,3-10H2,1-2H3,(H,14,15). The zero-order chi connectivity index (χ0) is 14.0. The van der Waals surface area contributed by atoms with Gasteiger partial charge in [-0.25, -0.2) is 4.72 Å². The Kier molecular flexibility index (Phi) is 8.95. The van der Waals surface area contributed by atoms with Gasteiger partial charge in [0.1, 0.15) is 0 Å². The molecule has 18 heavy (non-hydrogen) atoms. The van der Waals surface area contributed by atoms with E-state index in [2.05, 4.69) is 4.72 Å². The summed E-state index contributed by atoms with van der Waals surface area (Å²) in [6.45, 7) is 4.91. The van der Waals surface area contributed by atoms with Crippen molar-refractivity contribution in [3.63, 3.8) is 0 Å². The predicted octanol–water partition coefficient (Wildman–Crippen LogP) is 1.20. The Balaban J connectivity index is 4.37. The first kappa shape index (κ1) is 17.3. The zero-order valence-electron chi connectivity index (χ0n) is 11.2. The second kappa shape index (κ2) is 9.29. The maximum Gasteiger partial charge on any atom is 0.304 e. The SMILES string of the molecule is CCCCN(CCCC)S(=O)(=O)NCCC(=O)O. The molecule has 0 heterocycles. The van der Waals surface area contributed by atoms with Crippen molar-refractivity contribution >= 4 is 16.2 Å². The van der Waals surface area contributed by atoms with E-state index in [1.165, 1.54) is 4.31 Å². The Morgan fingerprint density at radius 2 is 1.67 bits per heavy atom. The Morgan fingerprint density at radius 3 is 2.06 bits per heavy atom. The molecule has 0 aromatic heterocycles. The predicted molar refractivity (Wildman–Crippen MR) is 70.6 cm³/mol. The van der Waals surface area contributed by atoms with Crippen LogP contribution in [0.4, 0.5) is 0 Å². The van der Waals surface area contributed by atoms with Crippen LogP contribution in [0.25, 0.3) is 0 Å². The summed E-state index contributed by atoms with van der Waals surface area (Å²) in [7, 11) is -3.54. The van der Waals surface area contributed by atoms with Gasteiger partial charge in [-0.05, 0) is 12.8 Å². The molecule has 0 fully saturated rings. The molecular weight excluding hydrogens is 256 g/mol. The highest BCUT2D eigenvalue weighted by Crippen LogP contribution is 2.04. The molecule has 0 amide bonds. The van der Waals surface area contributed by atoms with Gasteiger partial charge in [0.2, 0.25) is 0 Å². The molecule has 0 rings (SSSR count). The molecule has 0 aliphatic heterocycles. The van der Waals surface area contributed by atoms with Gasteiger partial charge in [-0.15, -0.1) is 0 Å². The van der Waals surface area contributed by atoms with Gasteiger partial charge < -0.3 is 5.11 Å². The first-order valence-corrected chi connectivity index (χ1v) is 7.84. The number of carboxylic acids is 1. The third kappa shape index (κ3) is 7.62. The molecule has 0 spiro atoms. The number of unbranched alkanes of at least 4 members (excludes halogenated alkanes) is 2. The average molecular weight is 280 g/mol. The molecule has 7 heteroatoms. The maximum absolute atomic E-state index is 11.9. The van der Waals surface area contributed by atoms with E-state index in [4.69, 9.17) is 5.11 Å². The molecule has 0 aliphatic carbocycles. The normalized spacial score (nSPS) is 11.9. The summed E-state index contributed by atoms with van der Waals surface area (Å²) in [5, 5.41) is 8.48. The van der Waals surface area contributed by atoms with Crippen molar-refractivity contribution in [2.24, 2.45) is 0 Å². The van der Waals surface area contributed by atoms with E-state index >= 15 is 0 Å². The molecule has 0 atom stereocenters. The summed E-state index contributed by atoms with van der Waals surface area (Å²) in [4.78, 5) is 10.4. The minimum Gasteiger partial charge on any atom is -0.481 e. The number of aliphatic carboxylic acids is 1. The fraction of sp³-hybridized carbons (Fsp3) is 0.909. The fourth-order valence-corrected chi connectivity index (χ4v) is 2.68. The van der Waals surface area contributed by atoms with Crippen molar-refractivity contribution in [3.05, 3.63) is 0 Å². The average Bonchev–Trinajstić information content (AvgIpc) is 2.28. The van der Waals surface area contributed by atoms with Crippen LogP contribution in [-0.2, 0) is 15.0 Å². The van der Waals surface area contributed by atoms with Gasteiger partial charge in [0.15, 0.2) is 0 Å². The monoisotopic (exact) mass is 280 g/mol. The van der Waals surface area contributed by atoms with Crippen molar-refractivity contribution in [1.29, 1.82) is 0 Å². The number of nitrogens with one attached hydrogen (secondary N) is 1. The van der Waals surface area contributed by atoms with Crippen molar-refractivity contribution < 1.29 is 18.3 Å². The van der Waals surface area contributed by atoms with Crippen molar-refractivity contribution in [3.8, 4) is 0 Å². The van der Waals surface area contributed by atoms with Crippen LogP contribution in [0, 0.1) is 0 Å². The Bertz CT molecular complexity index is 322. The van der Waals surface area contributed by atoms with Gasteiger partial charge in [0.05, 0.1) is 6.42 Å². The van der Waals surface area contributed by atoms with Crippen LogP contribution in [0.5, 0.6) is 0 Å². The number of hydrogen-bond acceptors (Lipinski definition) is 3. The van der Waals surface area contributed by atoms with Crippen LogP contribution in [0.1, 0.15) is 46.0 Å². The lowest BCUT2D eigenvalue weighted by atomic mass is 10.3. The second-order valence-corrected chi connectivity index (χ2v) is 5.90. The van der Waals surface area contributed by atoms with E-state index in [1.54, 1.807) is 0 Å². The summed E-state index contributed by atoms with van der Waals surface area (Å²) in [6.07, 6.45) is 3.27. The molecular formula is C11H24N2O4S. The number of carboxylic acid groups (broad SMARTS) is 1. The van der Waals surface area contributed by atoms with E-state index in [0.29, 0.717) is 13.1 Å². The highest BCUT2D eigenvalue weighted by molar-refractivity contribution is 7.87. The molecule has 0 saturated carbocycles. The smallest absolute Gasteiger partial charge is 0.304 e. The quantitative estimate of drug-likeness (QED) is 0.595. The van der Waals surface area contributed by atoms with Crippen molar-refractivity contribution in [2.75, 3.05) is 19.6 Å². The summed E-state index contributed by atoms with van der Waals surface area (Å²) >= 11 is 0. The van der Waals surface area contributed by atoms with E-state index in [1.807, 2.05) is 13.8 Å². The zero-order valence-corrected chi connectivity index (χ0v) is 12.0. The van der Waals surface area contributed by atoms with E-state index in [-0.39, 0.29) is 13.0 Å². The van der Waals surface area contributed by atoms with Crippen LogP contribution in [0.3, 0.4) is 0 Å². The molecule has 0 saturated heterocycles. The fourth-order valence-electron chi connectivity index (χ4n) is 1.40. The molecule has 0 bridgehead atoms. The van der Waals surface area contributed by atoms with Crippen molar-refractivity contribution in [1.82, 2.24) is 9.03 Å². The Labute approximate surface area is 110 Å². The number of hydrogen-bond donors (Lipinski definition) is 2. The van der Waals surface area contributed by atoms with Gasteiger partial charge in [0, 0.05) is 19.6 Å². The van der Waals surface area contributed by atoms with Gasteiger partial charge >= 0.3 is 5.97 Å². The molecule has 6 nitrogen and oxygen atoms in total. The van der Waals surface area contributed by atoms with Gasteiger partial charge in [-0.3, -0.25) is 4.79 Å². The lowest BCUT2D eigenvalue weighted by molar-refractivity contribution is -0.136. The molecule has 0 unspecified atom stereocenters. The van der Waals surface area contributed by atoms with Crippen LogP contribution in [0.15, 0.2) is 0 Å². The molecule has 0 aromatic carbocycles. The van der Waals surface area contributed by atoms with Crippen LogP contribution >= 0.6 is 0 Å². The molecule has 0 radical (unpaired) electrons. The van der Waals surface area contributed by atoms with E-state index in [9.17, 15) is 13.2 Å². The van der Waals surface area contributed by atoms with Crippen LogP contribution in [-0.4, -0.2) is 43.4 Å². The van der Waals surface area contributed by atoms with Gasteiger partial charge in [-0.2, -0.15) is 12.7 Å². The first-order valence-electron chi connectivity index (χ1n) is 6.40. The molecule has 0 aromatic rings. The molecule has 108 valence electrons. The maximum atomic E-state index is 11.9. The lowest BCUT2D eigenvalue weighted by Crippen LogP contribution is -2.42. The molecule has 2 N–H and O–H groups in total. The summed E-state index contributed by atoms with van der Waals surface area (Å²) in [6, 6.07) is 0. The topological polar surface area (TPSA) is 86.7 Å². The van der Waals surface area contributed by atoms with E-state index < -0.39 is 16.2 Å². The Morgan fingerprint density at radius 1 is 1.17 bits per heavy atom. The third-order valence-corrected chi connectivity index (χ3v) is 4.10. The van der Waals surface area contributed by atoms with Crippen LogP contribution < -0.4 is 4.72 Å². The van der Waals surface area contributed by atoms with E-state index in [0.717, 1.165) is 25.7 Å². The van der Waals surface area contributed by atoms with Gasteiger partial charge in [0.25, 0.3) is 10.2 Å². The summed E-state index contributed by atoms with van der Waals surface area (Å²) in [5.41, 5.74) is 0. The first-order chi connectivity index (χ1) is 8.44. The second-order valence-electron chi connectivity index (χ2n) is 4.15.